The van der Waals surface area contributed by atoms with E-state index in [0.29, 0.717) is 23.9 Å². The van der Waals surface area contributed by atoms with Gasteiger partial charge in [0.2, 0.25) is 11.8 Å². The molecule has 3 heterocycles. The van der Waals surface area contributed by atoms with Crippen LogP contribution in [0.3, 0.4) is 0 Å². The van der Waals surface area contributed by atoms with Crippen LogP contribution in [0, 0.1) is 0 Å². The molecule has 1 fully saturated rings. The molecule has 1 aliphatic heterocycles. The Bertz CT molecular complexity index is 1050. The lowest BCUT2D eigenvalue weighted by atomic mass is 9.80. The largest absolute Gasteiger partial charge is 0.496 e. The van der Waals surface area contributed by atoms with Crippen LogP contribution in [0.4, 0.5) is 11.5 Å². The number of amides is 1. The van der Waals surface area contributed by atoms with E-state index in [4.69, 9.17) is 14.0 Å². The van der Waals surface area contributed by atoms with E-state index in [1.165, 1.54) is 10.6 Å². The number of pyridine rings is 2. The number of aryl methyl sites for hydroxylation is 1. The number of nitrogens with one attached hydrogen (secondary N) is 2. The van der Waals surface area contributed by atoms with Gasteiger partial charge in [-0.1, -0.05) is 12.6 Å². The summed E-state index contributed by atoms with van der Waals surface area (Å²) in [7, 11) is 1.08. The highest BCUT2D eigenvalue weighted by Gasteiger charge is 2.51. The number of hydrogen-bond donors (Lipinski definition) is 2. The van der Waals surface area contributed by atoms with E-state index in [2.05, 4.69) is 22.2 Å². The van der Waals surface area contributed by atoms with Crippen molar-refractivity contribution in [1.29, 1.82) is 0 Å². The van der Waals surface area contributed by atoms with E-state index in [0.717, 1.165) is 5.46 Å². The fraction of sp³-hybridized carbons (Fsp3) is 0.409. The fourth-order valence-electron chi connectivity index (χ4n) is 3.04. The van der Waals surface area contributed by atoms with Gasteiger partial charge in [0, 0.05) is 24.8 Å². The fourth-order valence-corrected chi connectivity index (χ4v) is 3.04. The number of carbonyl (C=O) groups is 1. The van der Waals surface area contributed by atoms with Crippen LogP contribution in [0.5, 0.6) is 5.88 Å². The molecule has 9 nitrogen and oxygen atoms in total. The minimum absolute atomic E-state index is 0.217. The summed E-state index contributed by atoms with van der Waals surface area (Å²) < 4.78 is 19.3. The number of anilines is 2. The van der Waals surface area contributed by atoms with Crippen molar-refractivity contribution in [3.8, 4) is 5.88 Å². The van der Waals surface area contributed by atoms with Gasteiger partial charge in [-0.25, -0.2) is 0 Å². The summed E-state index contributed by atoms with van der Waals surface area (Å²) in [4.78, 5) is 28.2. The van der Waals surface area contributed by atoms with Gasteiger partial charge in [-0.15, -0.1) is 0 Å². The molecule has 2 aromatic heterocycles. The lowest BCUT2D eigenvalue weighted by molar-refractivity contribution is -0.116. The van der Waals surface area contributed by atoms with Gasteiger partial charge in [-0.05, 0) is 45.9 Å². The Morgan fingerprint density at radius 2 is 1.97 bits per heavy atom. The van der Waals surface area contributed by atoms with Gasteiger partial charge in [0.25, 0.3) is 5.56 Å². The molecule has 0 aliphatic carbocycles. The lowest BCUT2D eigenvalue weighted by Crippen LogP contribution is -2.41. The van der Waals surface area contributed by atoms with Crippen LogP contribution < -0.4 is 26.4 Å². The predicted octanol–water partition coefficient (Wildman–Crippen LogP) is 1.50. The van der Waals surface area contributed by atoms with Gasteiger partial charge >= 0.3 is 7.12 Å². The number of rotatable bonds is 8. The molecule has 10 heteroatoms. The van der Waals surface area contributed by atoms with E-state index in [1.54, 1.807) is 37.5 Å². The zero-order chi connectivity index (χ0) is 23.5. The molecule has 0 bridgehead atoms. The lowest BCUT2D eigenvalue weighted by Gasteiger charge is -2.32. The predicted molar refractivity (Wildman–Crippen MR) is 124 cm³/mol. The van der Waals surface area contributed by atoms with Crippen molar-refractivity contribution in [2.24, 2.45) is 7.05 Å². The summed E-state index contributed by atoms with van der Waals surface area (Å²) in [6, 6.07) is 6.90. The maximum Gasteiger partial charge on any atom is 0.496 e. The molecular weight excluding hydrogens is 411 g/mol. The summed E-state index contributed by atoms with van der Waals surface area (Å²) in [5.41, 5.74) is -0.136. The Balaban J connectivity index is 1.75. The summed E-state index contributed by atoms with van der Waals surface area (Å²) in [6.07, 6.45) is 2.90. The quantitative estimate of drug-likeness (QED) is 0.364. The van der Waals surface area contributed by atoms with Crippen LogP contribution in [0.2, 0.25) is 0 Å². The molecule has 1 amide bonds. The molecule has 0 atom stereocenters. The van der Waals surface area contributed by atoms with Gasteiger partial charge in [0.15, 0.2) is 0 Å². The first-order valence-corrected chi connectivity index (χ1v) is 10.4. The first-order chi connectivity index (χ1) is 15.0. The number of ether oxygens (including phenoxy) is 1. The Labute approximate surface area is 187 Å². The molecule has 0 radical (unpaired) electrons. The molecule has 0 aromatic carbocycles. The molecule has 3 rings (SSSR count). The minimum atomic E-state index is -0.597. The summed E-state index contributed by atoms with van der Waals surface area (Å²) in [5, 5.41) is 5.68. The molecule has 170 valence electrons. The second kappa shape index (κ2) is 9.18. The summed E-state index contributed by atoms with van der Waals surface area (Å²) >= 11 is 0. The van der Waals surface area contributed by atoms with Crippen LogP contribution in [-0.4, -0.2) is 46.9 Å². The Hall–Kier alpha value is -3.11. The number of nitrogens with zero attached hydrogens (tertiary/aromatic N) is 2. The van der Waals surface area contributed by atoms with Crippen LogP contribution in [0.25, 0.3) is 0 Å². The highest BCUT2D eigenvalue weighted by molar-refractivity contribution is 6.62. The van der Waals surface area contributed by atoms with Crippen molar-refractivity contribution in [1.82, 2.24) is 14.9 Å². The van der Waals surface area contributed by atoms with E-state index in [9.17, 15) is 9.59 Å². The Kier molecular flexibility index (Phi) is 6.75. The third-order valence-electron chi connectivity index (χ3n) is 5.55. The standard InChI is InChI=1S/C22H29BN4O5/c1-7-18(28)24-11-12-30-19-10-8-9-17(26-19)25-16-13-15(14-27(6)20(16)29)23-31-21(2,3)22(4,5)32-23/h7-10,13-14H,1,11-12H2,2-6H3,(H,24,28)(H,25,26). The highest BCUT2D eigenvalue weighted by atomic mass is 16.7. The third kappa shape index (κ3) is 5.20. The normalized spacial score (nSPS) is 16.5. The molecule has 2 aromatic rings. The van der Waals surface area contributed by atoms with Crippen molar-refractivity contribution >= 4 is 30.0 Å². The number of aromatic nitrogens is 2. The van der Waals surface area contributed by atoms with Gasteiger partial charge in [0.1, 0.15) is 18.1 Å². The Morgan fingerprint density at radius 3 is 2.62 bits per heavy atom. The molecule has 0 spiro atoms. The van der Waals surface area contributed by atoms with Crippen molar-refractivity contribution in [2.75, 3.05) is 18.5 Å². The van der Waals surface area contributed by atoms with Gasteiger partial charge in [0.05, 0.1) is 17.7 Å². The van der Waals surface area contributed by atoms with Crippen LogP contribution >= 0.6 is 0 Å². The van der Waals surface area contributed by atoms with Gasteiger partial charge in [-0.2, -0.15) is 4.98 Å². The van der Waals surface area contributed by atoms with Gasteiger partial charge < -0.3 is 29.2 Å². The summed E-state index contributed by atoms with van der Waals surface area (Å²) in [6.45, 7) is 11.9. The van der Waals surface area contributed by atoms with Crippen LogP contribution in [0.1, 0.15) is 27.7 Å². The molecule has 32 heavy (non-hydrogen) atoms. The zero-order valence-corrected chi connectivity index (χ0v) is 19.1. The van der Waals surface area contributed by atoms with E-state index in [1.807, 2.05) is 27.7 Å². The molecular formula is C22H29BN4O5. The SMILES string of the molecule is C=CC(=O)NCCOc1cccc(Nc2cc(B3OC(C)(C)C(C)(C)O3)cn(C)c2=O)n1. The van der Waals surface area contributed by atoms with E-state index >= 15 is 0 Å². The second-order valence-electron chi connectivity index (χ2n) is 8.52. The topological polar surface area (TPSA) is 104 Å². The first-order valence-electron chi connectivity index (χ1n) is 10.4. The smallest absolute Gasteiger partial charge is 0.476 e. The monoisotopic (exact) mass is 440 g/mol. The van der Waals surface area contributed by atoms with Crippen LogP contribution in [0.15, 0.2) is 47.9 Å². The van der Waals surface area contributed by atoms with Crippen molar-refractivity contribution in [2.45, 2.75) is 38.9 Å². The molecule has 1 aliphatic rings. The average Bonchev–Trinajstić information content (AvgIpc) is 2.95. The van der Waals surface area contributed by atoms with Crippen molar-refractivity contribution < 1.29 is 18.8 Å². The first kappa shape index (κ1) is 23.6. The number of carbonyl (C=O) groups excluding carboxylic acids is 1. The maximum absolute atomic E-state index is 12.7. The minimum Gasteiger partial charge on any atom is -0.476 e. The zero-order valence-electron chi connectivity index (χ0n) is 19.1. The third-order valence-corrected chi connectivity index (χ3v) is 5.55. The molecule has 0 unspecified atom stereocenters. The molecule has 1 saturated heterocycles. The number of hydrogen-bond acceptors (Lipinski definition) is 7. The second-order valence-corrected chi connectivity index (χ2v) is 8.52. The van der Waals surface area contributed by atoms with E-state index < -0.39 is 18.3 Å². The van der Waals surface area contributed by atoms with Crippen LogP contribution in [-0.2, 0) is 21.2 Å². The van der Waals surface area contributed by atoms with Crippen molar-refractivity contribution in [3.05, 3.63) is 53.5 Å². The molecule has 2 N–H and O–H groups in total. The van der Waals surface area contributed by atoms with E-state index in [-0.39, 0.29) is 18.1 Å². The van der Waals surface area contributed by atoms with Crippen molar-refractivity contribution in [3.63, 3.8) is 0 Å². The average molecular weight is 440 g/mol. The maximum atomic E-state index is 12.7. The molecule has 0 saturated carbocycles. The van der Waals surface area contributed by atoms with Gasteiger partial charge in [-0.3, -0.25) is 9.59 Å². The Morgan fingerprint density at radius 1 is 1.28 bits per heavy atom. The summed E-state index contributed by atoms with van der Waals surface area (Å²) in [5.74, 6) is 0.539. The highest BCUT2D eigenvalue weighted by Crippen LogP contribution is 2.36.